The molecule has 2 unspecified atom stereocenters. The number of benzene rings is 1. The molecule has 21 heavy (non-hydrogen) atoms. The first-order chi connectivity index (χ1) is 10.1. The summed E-state index contributed by atoms with van der Waals surface area (Å²) >= 11 is 1.57. The Bertz CT molecular complexity index is 682. The third-order valence-corrected chi connectivity index (χ3v) is 4.80. The zero-order valence-electron chi connectivity index (χ0n) is 12.2. The van der Waals surface area contributed by atoms with Crippen LogP contribution in [-0.4, -0.2) is 11.7 Å². The summed E-state index contributed by atoms with van der Waals surface area (Å²) in [4.78, 5) is 0.965. The van der Waals surface area contributed by atoms with E-state index in [1.807, 2.05) is 61.7 Å². The van der Waals surface area contributed by atoms with Crippen molar-refractivity contribution in [3.05, 3.63) is 58.5 Å². The number of aliphatic hydroxyl groups is 1. The van der Waals surface area contributed by atoms with Crippen LogP contribution in [0.25, 0.3) is 11.0 Å². The molecule has 0 saturated heterocycles. The van der Waals surface area contributed by atoms with Crippen molar-refractivity contribution in [1.29, 1.82) is 0 Å². The lowest BCUT2D eigenvalue weighted by Gasteiger charge is -2.24. The number of para-hydroxylation sites is 1. The number of nitrogens with one attached hydrogen (secondary N) is 1. The average molecular weight is 301 g/mol. The van der Waals surface area contributed by atoms with Crippen LogP contribution in [0.5, 0.6) is 0 Å². The van der Waals surface area contributed by atoms with Gasteiger partial charge in [0.05, 0.1) is 6.04 Å². The smallest absolute Gasteiger partial charge is 0.134 e. The standard InChI is InChI=1S/C17H19NO2S/c1-12(15-10-13-6-3-4-7-14(13)20-15)18-11-17(2,19)16-8-5-9-21-16/h3-10,12,18-19H,11H2,1-2H3. The van der Waals surface area contributed by atoms with Crippen molar-refractivity contribution in [2.24, 2.45) is 0 Å². The number of fused-ring (bicyclic) bond motifs is 1. The Morgan fingerprint density at radius 3 is 2.81 bits per heavy atom. The molecule has 0 radical (unpaired) electrons. The van der Waals surface area contributed by atoms with Gasteiger partial charge in [-0.25, -0.2) is 0 Å². The molecule has 2 atom stereocenters. The summed E-state index contributed by atoms with van der Waals surface area (Å²) < 4.78 is 5.84. The second kappa shape index (κ2) is 5.64. The predicted molar refractivity (Wildman–Crippen MR) is 86.5 cm³/mol. The van der Waals surface area contributed by atoms with Crippen molar-refractivity contribution in [3.63, 3.8) is 0 Å². The van der Waals surface area contributed by atoms with Crippen LogP contribution in [0.15, 0.2) is 52.3 Å². The second-order valence-corrected chi connectivity index (χ2v) is 6.49. The molecular weight excluding hydrogens is 282 g/mol. The van der Waals surface area contributed by atoms with Gasteiger partial charge in [0.2, 0.25) is 0 Å². The third kappa shape index (κ3) is 3.02. The first kappa shape index (κ1) is 14.3. The summed E-state index contributed by atoms with van der Waals surface area (Å²) in [5, 5.41) is 17.0. The minimum absolute atomic E-state index is 0.0452. The molecule has 0 spiro atoms. The molecule has 0 fully saturated rings. The summed E-state index contributed by atoms with van der Waals surface area (Å²) in [5.41, 5.74) is 0.0280. The van der Waals surface area contributed by atoms with Crippen LogP contribution >= 0.6 is 11.3 Å². The molecule has 3 nitrogen and oxygen atoms in total. The van der Waals surface area contributed by atoms with Crippen LogP contribution < -0.4 is 5.32 Å². The molecule has 3 aromatic rings. The Morgan fingerprint density at radius 2 is 2.10 bits per heavy atom. The number of rotatable bonds is 5. The molecule has 0 saturated carbocycles. The van der Waals surface area contributed by atoms with Gasteiger partial charge in [0, 0.05) is 16.8 Å². The van der Waals surface area contributed by atoms with E-state index < -0.39 is 5.60 Å². The summed E-state index contributed by atoms with van der Waals surface area (Å²) in [5.74, 6) is 0.887. The van der Waals surface area contributed by atoms with E-state index in [-0.39, 0.29) is 6.04 Å². The average Bonchev–Trinajstić information content (AvgIpc) is 3.13. The molecule has 2 heterocycles. The SMILES string of the molecule is CC(NCC(C)(O)c1cccs1)c1cc2ccccc2o1. The maximum Gasteiger partial charge on any atom is 0.134 e. The van der Waals surface area contributed by atoms with Gasteiger partial charge in [0.25, 0.3) is 0 Å². The highest BCUT2D eigenvalue weighted by atomic mass is 32.1. The van der Waals surface area contributed by atoms with Crippen molar-refractivity contribution in [1.82, 2.24) is 5.32 Å². The highest BCUT2D eigenvalue weighted by Gasteiger charge is 2.25. The molecule has 0 amide bonds. The minimum atomic E-state index is -0.867. The largest absolute Gasteiger partial charge is 0.459 e. The molecule has 110 valence electrons. The van der Waals surface area contributed by atoms with Crippen molar-refractivity contribution in [3.8, 4) is 0 Å². The molecule has 2 N–H and O–H groups in total. The highest BCUT2D eigenvalue weighted by molar-refractivity contribution is 7.10. The van der Waals surface area contributed by atoms with Crippen LogP contribution in [0.2, 0.25) is 0 Å². The maximum atomic E-state index is 10.5. The monoisotopic (exact) mass is 301 g/mol. The summed E-state index contributed by atoms with van der Waals surface area (Å²) in [6.07, 6.45) is 0. The van der Waals surface area contributed by atoms with E-state index >= 15 is 0 Å². The molecule has 1 aromatic carbocycles. The van der Waals surface area contributed by atoms with Gasteiger partial charge in [0.1, 0.15) is 16.9 Å². The lowest BCUT2D eigenvalue weighted by molar-refractivity contribution is 0.0574. The van der Waals surface area contributed by atoms with E-state index in [4.69, 9.17) is 4.42 Å². The van der Waals surface area contributed by atoms with Gasteiger partial charge in [-0.1, -0.05) is 24.3 Å². The molecule has 0 aliphatic heterocycles. The number of furan rings is 1. The van der Waals surface area contributed by atoms with Gasteiger partial charge in [-0.3, -0.25) is 0 Å². The van der Waals surface area contributed by atoms with Gasteiger partial charge in [0.15, 0.2) is 0 Å². The molecule has 0 aliphatic rings. The van der Waals surface area contributed by atoms with Crippen molar-refractivity contribution >= 4 is 22.3 Å². The molecule has 4 heteroatoms. The lowest BCUT2D eigenvalue weighted by Crippen LogP contribution is -2.35. The van der Waals surface area contributed by atoms with Gasteiger partial charge < -0.3 is 14.8 Å². The van der Waals surface area contributed by atoms with Crippen molar-refractivity contribution < 1.29 is 9.52 Å². The summed E-state index contributed by atoms with van der Waals surface area (Å²) in [6.45, 7) is 4.35. The van der Waals surface area contributed by atoms with Crippen molar-refractivity contribution in [2.45, 2.75) is 25.5 Å². The van der Waals surface area contributed by atoms with Crippen LogP contribution in [0.4, 0.5) is 0 Å². The Kier molecular flexibility index (Phi) is 3.85. The number of thiophene rings is 1. The minimum Gasteiger partial charge on any atom is -0.459 e. The Morgan fingerprint density at radius 1 is 1.29 bits per heavy atom. The van der Waals surface area contributed by atoms with Crippen LogP contribution in [0.3, 0.4) is 0 Å². The topological polar surface area (TPSA) is 45.4 Å². The van der Waals surface area contributed by atoms with E-state index in [1.54, 1.807) is 11.3 Å². The van der Waals surface area contributed by atoms with Gasteiger partial charge in [-0.2, -0.15) is 0 Å². The Balaban J connectivity index is 1.70. The summed E-state index contributed by atoms with van der Waals surface area (Å²) in [7, 11) is 0. The van der Waals surface area contributed by atoms with E-state index in [9.17, 15) is 5.11 Å². The summed E-state index contributed by atoms with van der Waals surface area (Å²) in [6, 6.07) is 14.0. The Labute approximate surface area is 128 Å². The van der Waals surface area contributed by atoms with E-state index in [1.165, 1.54) is 0 Å². The van der Waals surface area contributed by atoms with Gasteiger partial charge in [-0.15, -0.1) is 11.3 Å². The first-order valence-corrected chi connectivity index (χ1v) is 7.92. The van der Waals surface area contributed by atoms with Gasteiger partial charge >= 0.3 is 0 Å². The molecule has 3 rings (SSSR count). The molecule has 2 aromatic heterocycles. The normalized spacial score (nSPS) is 16.0. The number of hydrogen-bond acceptors (Lipinski definition) is 4. The zero-order chi connectivity index (χ0) is 14.9. The maximum absolute atomic E-state index is 10.5. The van der Waals surface area contributed by atoms with Crippen LogP contribution in [0, 0.1) is 0 Å². The zero-order valence-corrected chi connectivity index (χ0v) is 13.0. The van der Waals surface area contributed by atoms with E-state index in [2.05, 4.69) is 5.32 Å². The van der Waals surface area contributed by atoms with E-state index in [0.717, 1.165) is 21.6 Å². The lowest BCUT2D eigenvalue weighted by atomic mass is 10.0. The van der Waals surface area contributed by atoms with Crippen molar-refractivity contribution in [2.75, 3.05) is 6.54 Å². The molecular formula is C17H19NO2S. The fraction of sp³-hybridized carbons (Fsp3) is 0.294. The van der Waals surface area contributed by atoms with Gasteiger partial charge in [-0.05, 0) is 37.4 Å². The number of hydrogen-bond donors (Lipinski definition) is 2. The van der Waals surface area contributed by atoms with E-state index in [0.29, 0.717) is 6.54 Å². The van der Waals surface area contributed by atoms with Crippen LogP contribution in [-0.2, 0) is 5.60 Å². The fourth-order valence-electron chi connectivity index (χ4n) is 2.34. The second-order valence-electron chi connectivity index (χ2n) is 5.54. The highest BCUT2D eigenvalue weighted by Crippen LogP contribution is 2.27. The first-order valence-electron chi connectivity index (χ1n) is 7.04. The van der Waals surface area contributed by atoms with Crippen LogP contribution in [0.1, 0.15) is 30.5 Å². The fourth-order valence-corrected chi connectivity index (χ4v) is 3.13. The molecule has 0 aliphatic carbocycles. The predicted octanol–water partition coefficient (Wildman–Crippen LogP) is 4.05. The quantitative estimate of drug-likeness (QED) is 0.747. The third-order valence-electron chi connectivity index (χ3n) is 3.68. The molecule has 0 bridgehead atoms. The Hall–Kier alpha value is -1.62.